The lowest BCUT2D eigenvalue weighted by Crippen LogP contribution is -2.00. The zero-order chi connectivity index (χ0) is 14.5. The number of hydrogen-bond acceptors (Lipinski definition) is 4. The van der Waals surface area contributed by atoms with Gasteiger partial charge in [-0.2, -0.15) is 4.39 Å². The fourth-order valence-electron chi connectivity index (χ4n) is 1.86. The molecule has 104 valence electrons. The molecule has 0 aliphatic carbocycles. The number of nitrogens with zero attached hydrogens (tertiary/aromatic N) is 1. The number of benzene rings is 2. The van der Waals surface area contributed by atoms with E-state index in [2.05, 4.69) is 5.32 Å². The quantitative estimate of drug-likeness (QED) is 0.669. The Morgan fingerprint density at radius 2 is 2.05 bits per heavy atom. The van der Waals surface area contributed by atoms with Gasteiger partial charge in [-0.25, -0.2) is 0 Å². The minimum absolute atomic E-state index is 0.115. The molecule has 2 aromatic carbocycles. The molecule has 0 heterocycles. The van der Waals surface area contributed by atoms with Crippen molar-refractivity contribution in [3.05, 3.63) is 64.0 Å². The highest BCUT2D eigenvalue weighted by Gasteiger charge is 2.19. The van der Waals surface area contributed by atoms with Gasteiger partial charge in [0, 0.05) is 12.8 Å². The monoisotopic (exact) mass is 276 g/mol. The maximum Gasteiger partial charge on any atom is 0.327 e. The molecule has 1 N–H and O–H groups in total. The van der Waals surface area contributed by atoms with E-state index >= 15 is 0 Å². The number of para-hydroxylation sites is 1. The van der Waals surface area contributed by atoms with E-state index in [0.29, 0.717) is 12.3 Å². The summed E-state index contributed by atoms with van der Waals surface area (Å²) in [4.78, 5) is 10.2. The Balaban J connectivity index is 2.32. The van der Waals surface area contributed by atoms with Gasteiger partial charge in [-0.3, -0.25) is 10.1 Å². The molecule has 2 rings (SSSR count). The molecule has 0 unspecified atom stereocenters. The molecule has 0 saturated heterocycles. The van der Waals surface area contributed by atoms with Crippen molar-refractivity contribution in [2.24, 2.45) is 0 Å². The van der Waals surface area contributed by atoms with Crippen LogP contribution in [-0.4, -0.2) is 12.0 Å². The van der Waals surface area contributed by atoms with Crippen LogP contribution in [0.15, 0.2) is 42.5 Å². The number of nitro groups is 1. The molecule has 0 atom stereocenters. The van der Waals surface area contributed by atoms with Crippen molar-refractivity contribution < 1.29 is 14.1 Å². The Bertz CT molecular complexity index is 632. The Morgan fingerprint density at radius 3 is 2.75 bits per heavy atom. The zero-order valence-electron chi connectivity index (χ0n) is 10.8. The predicted molar refractivity (Wildman–Crippen MR) is 73.5 cm³/mol. The van der Waals surface area contributed by atoms with Crippen LogP contribution in [0.4, 0.5) is 21.5 Å². The maximum atomic E-state index is 13.5. The number of anilines is 2. The molecule has 0 amide bonds. The first-order valence-electron chi connectivity index (χ1n) is 5.89. The van der Waals surface area contributed by atoms with E-state index in [0.717, 1.165) is 11.6 Å². The van der Waals surface area contributed by atoms with Gasteiger partial charge < -0.3 is 10.1 Å². The number of nitrogens with one attached hydrogen (secondary N) is 1. The van der Waals surface area contributed by atoms with Crippen molar-refractivity contribution in [2.45, 2.75) is 6.61 Å². The van der Waals surface area contributed by atoms with Crippen LogP contribution in [0.2, 0.25) is 0 Å². The van der Waals surface area contributed by atoms with Crippen molar-refractivity contribution in [3.8, 4) is 0 Å². The number of hydrogen-bond donors (Lipinski definition) is 1. The van der Waals surface area contributed by atoms with Crippen LogP contribution in [0.1, 0.15) is 5.56 Å². The fraction of sp³-hybridized carbons (Fsp3) is 0.143. The summed E-state index contributed by atoms with van der Waals surface area (Å²) in [6, 6.07) is 11.1. The summed E-state index contributed by atoms with van der Waals surface area (Å²) in [5.41, 5.74) is 1.10. The number of methoxy groups -OCH3 is 1. The standard InChI is InChI=1S/C14H13FN2O3/c1-20-9-10-4-2-5-11(8-10)16-13-7-3-6-12(15)14(13)17(18)19/h2-8,16H,9H2,1H3. The molecular formula is C14H13FN2O3. The van der Waals surface area contributed by atoms with Gasteiger partial charge in [-0.1, -0.05) is 18.2 Å². The molecule has 0 radical (unpaired) electrons. The molecule has 0 bridgehead atoms. The summed E-state index contributed by atoms with van der Waals surface area (Å²) in [7, 11) is 1.58. The summed E-state index contributed by atoms with van der Waals surface area (Å²) in [6.45, 7) is 0.431. The average molecular weight is 276 g/mol. The third kappa shape index (κ3) is 3.10. The van der Waals surface area contributed by atoms with Gasteiger partial charge in [0.25, 0.3) is 0 Å². The van der Waals surface area contributed by atoms with Gasteiger partial charge in [-0.05, 0) is 29.8 Å². The van der Waals surface area contributed by atoms with Crippen LogP contribution in [0.3, 0.4) is 0 Å². The average Bonchev–Trinajstić information content (AvgIpc) is 2.39. The van der Waals surface area contributed by atoms with Crippen LogP contribution < -0.4 is 5.32 Å². The SMILES string of the molecule is COCc1cccc(Nc2cccc(F)c2[N+](=O)[O-])c1. The molecule has 0 aliphatic rings. The molecule has 20 heavy (non-hydrogen) atoms. The second-order valence-electron chi connectivity index (χ2n) is 4.15. The minimum atomic E-state index is -0.868. The van der Waals surface area contributed by atoms with Crippen molar-refractivity contribution in [1.29, 1.82) is 0 Å². The Morgan fingerprint density at radius 1 is 1.30 bits per heavy atom. The van der Waals surface area contributed by atoms with Gasteiger partial charge in [0.2, 0.25) is 5.82 Å². The molecule has 0 spiro atoms. The first-order chi connectivity index (χ1) is 9.61. The maximum absolute atomic E-state index is 13.5. The van der Waals surface area contributed by atoms with Gasteiger partial charge in [0.05, 0.1) is 11.5 Å². The number of rotatable bonds is 5. The van der Waals surface area contributed by atoms with E-state index in [-0.39, 0.29) is 5.69 Å². The Labute approximate surface area is 115 Å². The van der Waals surface area contributed by atoms with E-state index in [1.54, 1.807) is 25.3 Å². The van der Waals surface area contributed by atoms with E-state index in [1.165, 1.54) is 12.1 Å². The van der Waals surface area contributed by atoms with Crippen molar-refractivity contribution in [1.82, 2.24) is 0 Å². The highest BCUT2D eigenvalue weighted by atomic mass is 19.1. The van der Waals surface area contributed by atoms with Crippen LogP contribution in [-0.2, 0) is 11.3 Å². The molecular weight excluding hydrogens is 263 g/mol. The van der Waals surface area contributed by atoms with Gasteiger partial charge >= 0.3 is 5.69 Å². The summed E-state index contributed by atoms with van der Waals surface area (Å²) in [5.74, 6) is -0.868. The first kappa shape index (κ1) is 14.0. The van der Waals surface area contributed by atoms with Crippen molar-refractivity contribution in [2.75, 3.05) is 12.4 Å². The van der Waals surface area contributed by atoms with E-state index in [4.69, 9.17) is 4.74 Å². The van der Waals surface area contributed by atoms with Gasteiger partial charge in [0.1, 0.15) is 5.69 Å². The largest absolute Gasteiger partial charge is 0.380 e. The molecule has 0 aromatic heterocycles. The second kappa shape index (κ2) is 6.12. The smallest absolute Gasteiger partial charge is 0.327 e. The molecule has 5 nitrogen and oxygen atoms in total. The van der Waals surface area contributed by atoms with Crippen LogP contribution >= 0.6 is 0 Å². The lowest BCUT2D eigenvalue weighted by molar-refractivity contribution is -0.386. The second-order valence-corrected chi connectivity index (χ2v) is 4.15. The van der Waals surface area contributed by atoms with Crippen LogP contribution in [0.25, 0.3) is 0 Å². The fourth-order valence-corrected chi connectivity index (χ4v) is 1.86. The molecule has 0 aliphatic heterocycles. The van der Waals surface area contributed by atoms with E-state index < -0.39 is 16.4 Å². The first-order valence-corrected chi connectivity index (χ1v) is 5.89. The Kier molecular flexibility index (Phi) is 4.27. The summed E-state index contributed by atoms with van der Waals surface area (Å²) < 4.78 is 18.5. The van der Waals surface area contributed by atoms with Crippen LogP contribution in [0, 0.1) is 15.9 Å². The predicted octanol–water partition coefficient (Wildman–Crippen LogP) is 3.62. The number of nitro benzene ring substituents is 1. The molecule has 6 heteroatoms. The minimum Gasteiger partial charge on any atom is -0.380 e. The van der Waals surface area contributed by atoms with Gasteiger partial charge in [-0.15, -0.1) is 0 Å². The summed E-state index contributed by atoms with van der Waals surface area (Å²) in [6.07, 6.45) is 0. The summed E-state index contributed by atoms with van der Waals surface area (Å²) >= 11 is 0. The lowest BCUT2D eigenvalue weighted by Gasteiger charge is -2.09. The van der Waals surface area contributed by atoms with E-state index in [9.17, 15) is 14.5 Å². The molecule has 0 fully saturated rings. The highest BCUT2D eigenvalue weighted by molar-refractivity contribution is 5.70. The Hall–Kier alpha value is -2.47. The molecule has 0 saturated carbocycles. The normalized spacial score (nSPS) is 10.3. The third-order valence-corrected chi connectivity index (χ3v) is 2.69. The lowest BCUT2D eigenvalue weighted by atomic mass is 10.2. The zero-order valence-corrected chi connectivity index (χ0v) is 10.8. The van der Waals surface area contributed by atoms with Crippen molar-refractivity contribution in [3.63, 3.8) is 0 Å². The van der Waals surface area contributed by atoms with Crippen molar-refractivity contribution >= 4 is 17.1 Å². The number of halogens is 1. The molecule has 2 aromatic rings. The topological polar surface area (TPSA) is 64.4 Å². The van der Waals surface area contributed by atoms with E-state index in [1.807, 2.05) is 6.07 Å². The third-order valence-electron chi connectivity index (χ3n) is 2.69. The number of ether oxygens (including phenoxy) is 1. The van der Waals surface area contributed by atoms with Gasteiger partial charge in [0.15, 0.2) is 0 Å². The highest BCUT2D eigenvalue weighted by Crippen LogP contribution is 2.30. The van der Waals surface area contributed by atoms with Crippen LogP contribution in [0.5, 0.6) is 0 Å². The summed E-state index contributed by atoms with van der Waals surface area (Å²) in [5, 5.41) is 13.8.